The van der Waals surface area contributed by atoms with E-state index in [1.807, 2.05) is 0 Å². The number of hydrogen-bond acceptors (Lipinski definition) is 8. The fourth-order valence-corrected chi connectivity index (χ4v) is 4.18. The highest BCUT2D eigenvalue weighted by Crippen LogP contribution is 2.22. The predicted octanol–water partition coefficient (Wildman–Crippen LogP) is 2.38. The number of esters is 1. The Morgan fingerprint density at radius 2 is 1.97 bits per heavy atom. The summed E-state index contributed by atoms with van der Waals surface area (Å²) in [5.74, 6) is -2.74. The molecule has 1 aliphatic rings. The first-order valence-electron chi connectivity index (χ1n) is 10.2. The van der Waals surface area contributed by atoms with Gasteiger partial charge in [-0.25, -0.2) is 17.9 Å². The van der Waals surface area contributed by atoms with Crippen molar-refractivity contribution in [3.63, 3.8) is 0 Å². The molecule has 2 unspecified atom stereocenters. The molecule has 2 atom stereocenters. The molecule has 0 radical (unpaired) electrons. The molecular formula is C21H22FN3O8S. The van der Waals surface area contributed by atoms with Crippen molar-refractivity contribution >= 4 is 33.3 Å². The van der Waals surface area contributed by atoms with Crippen molar-refractivity contribution in [3.05, 3.63) is 64.0 Å². The molecule has 1 aliphatic heterocycles. The summed E-state index contributed by atoms with van der Waals surface area (Å²) in [4.78, 5) is 34.4. The number of hydrogen-bond donors (Lipinski definition) is 2. The smallest absolute Gasteiger partial charge is 0.338 e. The number of carbonyl (C=O) groups excluding carboxylic acids is 2. The lowest BCUT2D eigenvalue weighted by Crippen LogP contribution is -2.32. The Kier molecular flexibility index (Phi) is 7.91. The molecule has 2 N–H and O–H groups in total. The Bertz CT molecular complexity index is 1180. The van der Waals surface area contributed by atoms with Crippen LogP contribution in [0.15, 0.2) is 47.4 Å². The molecule has 0 aromatic heterocycles. The largest absolute Gasteiger partial charge is 0.449 e. The lowest BCUT2D eigenvalue weighted by molar-refractivity contribution is -0.387. The lowest BCUT2D eigenvalue weighted by Gasteiger charge is -2.14. The lowest BCUT2D eigenvalue weighted by atomic mass is 10.2. The summed E-state index contributed by atoms with van der Waals surface area (Å²) >= 11 is 0. The average molecular weight is 495 g/mol. The summed E-state index contributed by atoms with van der Waals surface area (Å²) < 4.78 is 51.1. The quantitative estimate of drug-likeness (QED) is 0.305. The minimum Gasteiger partial charge on any atom is -0.449 e. The van der Waals surface area contributed by atoms with Crippen LogP contribution in [0.5, 0.6) is 0 Å². The van der Waals surface area contributed by atoms with Gasteiger partial charge in [0.2, 0.25) is 15.8 Å². The molecule has 2 aromatic carbocycles. The van der Waals surface area contributed by atoms with Crippen LogP contribution in [0.1, 0.15) is 30.1 Å². The number of nitrogens with zero attached hydrogens (tertiary/aromatic N) is 1. The maximum atomic E-state index is 13.4. The van der Waals surface area contributed by atoms with Crippen molar-refractivity contribution in [2.45, 2.75) is 36.9 Å². The van der Waals surface area contributed by atoms with Gasteiger partial charge in [-0.15, -0.1) is 0 Å². The van der Waals surface area contributed by atoms with Crippen LogP contribution in [0, 0.1) is 15.9 Å². The molecule has 34 heavy (non-hydrogen) atoms. The Morgan fingerprint density at radius 3 is 2.59 bits per heavy atom. The van der Waals surface area contributed by atoms with Crippen molar-refractivity contribution in [2.75, 3.05) is 18.5 Å². The number of rotatable bonds is 9. The molecule has 0 spiro atoms. The maximum Gasteiger partial charge on any atom is 0.338 e. The van der Waals surface area contributed by atoms with E-state index >= 15 is 0 Å². The summed E-state index contributed by atoms with van der Waals surface area (Å²) in [6.07, 6.45) is 0.187. The second-order valence-corrected chi connectivity index (χ2v) is 9.24. The highest BCUT2D eigenvalue weighted by atomic mass is 32.2. The normalized spacial score (nSPS) is 16.6. The van der Waals surface area contributed by atoms with Crippen LogP contribution < -0.4 is 10.0 Å². The number of nitro groups is 1. The van der Waals surface area contributed by atoms with Gasteiger partial charge >= 0.3 is 11.7 Å². The third-order valence-corrected chi connectivity index (χ3v) is 6.43. The first-order chi connectivity index (χ1) is 16.1. The van der Waals surface area contributed by atoms with Crippen LogP contribution in [0.2, 0.25) is 0 Å². The van der Waals surface area contributed by atoms with Gasteiger partial charge in [0, 0.05) is 24.9 Å². The van der Waals surface area contributed by atoms with Gasteiger partial charge in [0.05, 0.1) is 21.5 Å². The second kappa shape index (κ2) is 10.7. The molecule has 13 heteroatoms. The van der Waals surface area contributed by atoms with E-state index in [2.05, 4.69) is 10.0 Å². The number of carbonyl (C=O) groups is 2. The molecule has 1 amide bonds. The highest BCUT2D eigenvalue weighted by Gasteiger charge is 2.23. The van der Waals surface area contributed by atoms with E-state index in [1.54, 1.807) is 0 Å². The Morgan fingerprint density at radius 1 is 1.26 bits per heavy atom. The van der Waals surface area contributed by atoms with E-state index < -0.39 is 44.4 Å². The van der Waals surface area contributed by atoms with Gasteiger partial charge in [0.15, 0.2) is 6.10 Å². The molecule has 0 saturated carbocycles. The number of sulfonamides is 1. The van der Waals surface area contributed by atoms with Crippen molar-refractivity contribution in [1.29, 1.82) is 0 Å². The number of amides is 1. The van der Waals surface area contributed by atoms with E-state index in [9.17, 15) is 32.5 Å². The maximum absolute atomic E-state index is 13.4. The van der Waals surface area contributed by atoms with Crippen LogP contribution in [-0.2, 0) is 24.3 Å². The van der Waals surface area contributed by atoms with Gasteiger partial charge in [-0.3, -0.25) is 14.9 Å². The van der Waals surface area contributed by atoms with Gasteiger partial charge in [-0.2, -0.15) is 4.39 Å². The van der Waals surface area contributed by atoms with E-state index in [-0.39, 0.29) is 28.8 Å². The zero-order valence-electron chi connectivity index (χ0n) is 18.0. The second-order valence-electron chi connectivity index (χ2n) is 7.47. The first kappa shape index (κ1) is 25.2. The zero-order chi connectivity index (χ0) is 24.9. The summed E-state index contributed by atoms with van der Waals surface area (Å²) in [5, 5.41) is 13.1. The number of anilines is 1. The average Bonchev–Trinajstić information content (AvgIpc) is 3.32. The third kappa shape index (κ3) is 6.34. The van der Waals surface area contributed by atoms with Gasteiger partial charge < -0.3 is 14.8 Å². The highest BCUT2D eigenvalue weighted by molar-refractivity contribution is 7.89. The molecule has 0 bridgehead atoms. The Labute approximate surface area is 194 Å². The number of nitrogens with one attached hydrogen (secondary N) is 2. The van der Waals surface area contributed by atoms with Gasteiger partial charge in [-0.05, 0) is 56.2 Å². The Hall–Kier alpha value is -3.42. The van der Waals surface area contributed by atoms with Crippen LogP contribution in [0.25, 0.3) is 0 Å². The molecule has 1 fully saturated rings. The molecule has 182 valence electrons. The van der Waals surface area contributed by atoms with Crippen molar-refractivity contribution in [1.82, 2.24) is 4.72 Å². The van der Waals surface area contributed by atoms with Gasteiger partial charge in [-0.1, -0.05) is 0 Å². The summed E-state index contributed by atoms with van der Waals surface area (Å²) in [5.41, 5.74) is -0.857. The molecule has 2 aromatic rings. The van der Waals surface area contributed by atoms with E-state index in [0.29, 0.717) is 6.61 Å². The molecular weight excluding hydrogens is 473 g/mol. The van der Waals surface area contributed by atoms with Crippen molar-refractivity contribution in [3.8, 4) is 0 Å². The SMILES string of the molecule is CC(OC(=O)c1ccc(S(=O)(=O)NCC2CCCO2)cc1)C(=O)Nc1ccc(F)c([N+](=O)[O-])c1. The minimum atomic E-state index is -3.79. The summed E-state index contributed by atoms with van der Waals surface area (Å²) in [6, 6.07) is 7.76. The number of nitro benzene ring substituents is 1. The molecule has 1 saturated heterocycles. The predicted molar refractivity (Wildman–Crippen MR) is 117 cm³/mol. The third-order valence-electron chi connectivity index (χ3n) is 4.99. The standard InChI is InChI=1S/C21H22FN3O8S/c1-13(20(26)24-15-6-9-18(22)19(11-15)25(28)29)33-21(27)14-4-7-17(8-5-14)34(30,31)23-12-16-3-2-10-32-16/h4-9,11,13,16,23H,2-3,10,12H2,1H3,(H,24,26). The summed E-state index contributed by atoms with van der Waals surface area (Å²) in [7, 11) is -3.79. The monoisotopic (exact) mass is 495 g/mol. The number of halogens is 1. The Balaban J connectivity index is 1.57. The van der Waals surface area contributed by atoms with Crippen LogP contribution in [0.3, 0.4) is 0 Å². The molecule has 11 nitrogen and oxygen atoms in total. The van der Waals surface area contributed by atoms with Gasteiger partial charge in [0.1, 0.15) is 0 Å². The fourth-order valence-electron chi connectivity index (χ4n) is 3.12. The number of benzene rings is 2. The van der Waals surface area contributed by atoms with E-state index in [1.165, 1.54) is 31.2 Å². The van der Waals surface area contributed by atoms with Crippen molar-refractivity contribution < 1.29 is 36.8 Å². The number of ether oxygens (including phenoxy) is 2. The minimum absolute atomic E-state index is 0.00939. The summed E-state index contributed by atoms with van der Waals surface area (Å²) in [6.45, 7) is 2.03. The van der Waals surface area contributed by atoms with Crippen molar-refractivity contribution in [2.24, 2.45) is 0 Å². The van der Waals surface area contributed by atoms with E-state index in [0.717, 1.165) is 31.0 Å². The van der Waals surface area contributed by atoms with Gasteiger partial charge in [0.25, 0.3) is 5.91 Å². The first-order valence-corrected chi connectivity index (χ1v) is 11.7. The zero-order valence-corrected chi connectivity index (χ0v) is 18.8. The molecule has 3 rings (SSSR count). The van der Waals surface area contributed by atoms with Crippen LogP contribution in [-0.4, -0.2) is 50.6 Å². The molecule has 0 aliphatic carbocycles. The topological polar surface area (TPSA) is 154 Å². The fraction of sp³-hybridized carbons (Fsp3) is 0.333. The molecule has 1 heterocycles. The van der Waals surface area contributed by atoms with Crippen LogP contribution >= 0.6 is 0 Å². The van der Waals surface area contributed by atoms with Crippen LogP contribution in [0.4, 0.5) is 15.8 Å². The van der Waals surface area contributed by atoms with E-state index in [4.69, 9.17) is 9.47 Å².